The van der Waals surface area contributed by atoms with Crippen LogP contribution in [-0.2, 0) is 14.3 Å². The van der Waals surface area contributed by atoms with Crippen LogP contribution in [0, 0.1) is 45.3 Å². The first kappa shape index (κ1) is 22.8. The lowest BCUT2D eigenvalue weighted by molar-refractivity contribution is -0.193. The maximum absolute atomic E-state index is 12.4. The second kappa shape index (κ2) is 7.68. The van der Waals surface area contributed by atoms with Gasteiger partial charge in [0.2, 0.25) is 0 Å². The lowest BCUT2D eigenvalue weighted by Crippen LogP contribution is -2.61. The van der Waals surface area contributed by atoms with Crippen LogP contribution in [-0.4, -0.2) is 18.9 Å². The molecule has 3 aliphatic rings. The van der Waals surface area contributed by atoms with E-state index in [0.29, 0.717) is 23.4 Å². The van der Waals surface area contributed by atoms with Crippen LogP contribution in [0.25, 0.3) is 0 Å². The van der Waals surface area contributed by atoms with Gasteiger partial charge in [0.25, 0.3) is 0 Å². The Morgan fingerprint density at radius 1 is 1.00 bits per heavy atom. The van der Waals surface area contributed by atoms with Gasteiger partial charge in [-0.25, -0.2) is 0 Å². The van der Waals surface area contributed by atoms with E-state index < -0.39 is 0 Å². The Morgan fingerprint density at radius 3 is 2.28 bits per heavy atom. The molecule has 0 saturated heterocycles. The van der Waals surface area contributed by atoms with Crippen LogP contribution in [0.4, 0.5) is 0 Å². The summed E-state index contributed by atoms with van der Waals surface area (Å²) in [5.41, 5.74) is 0.546. The third-order valence-corrected chi connectivity index (χ3v) is 9.95. The fourth-order valence-corrected chi connectivity index (χ4v) is 8.56. The van der Waals surface area contributed by atoms with Gasteiger partial charge in [-0.2, -0.15) is 0 Å². The molecule has 0 spiro atoms. The molecule has 3 nitrogen and oxygen atoms in total. The summed E-state index contributed by atoms with van der Waals surface area (Å²) in [6.07, 6.45) is 10.5. The highest BCUT2D eigenvalue weighted by Gasteiger charge is 2.64. The highest BCUT2D eigenvalue weighted by atomic mass is 16.5. The van der Waals surface area contributed by atoms with Crippen molar-refractivity contribution in [1.82, 2.24) is 0 Å². The topological polar surface area (TPSA) is 43.4 Å². The minimum atomic E-state index is -0.334. The van der Waals surface area contributed by atoms with Gasteiger partial charge in [0.1, 0.15) is 6.29 Å². The average molecular weight is 405 g/mol. The van der Waals surface area contributed by atoms with Crippen molar-refractivity contribution in [2.45, 2.75) is 99.8 Å². The van der Waals surface area contributed by atoms with Crippen LogP contribution in [0.1, 0.15) is 99.8 Å². The normalized spacial score (nSPS) is 44.9. The molecule has 7 unspecified atom stereocenters. The summed E-state index contributed by atoms with van der Waals surface area (Å²) >= 11 is 0. The number of carbonyl (C=O) groups is 2. The summed E-state index contributed by atoms with van der Waals surface area (Å²) < 4.78 is 5.32. The van der Waals surface area contributed by atoms with Crippen molar-refractivity contribution in [3.05, 3.63) is 0 Å². The van der Waals surface area contributed by atoms with E-state index in [1.54, 1.807) is 0 Å². The first-order valence-corrected chi connectivity index (χ1v) is 12.1. The number of fused-ring (bicyclic) bond motifs is 3. The number of hydrogen-bond donors (Lipinski definition) is 0. The Morgan fingerprint density at radius 2 is 1.66 bits per heavy atom. The molecule has 166 valence electrons. The van der Waals surface area contributed by atoms with E-state index in [2.05, 4.69) is 34.6 Å². The lowest BCUT2D eigenvalue weighted by Gasteiger charge is -2.68. The molecule has 3 heteroatoms. The molecule has 3 saturated carbocycles. The standard InChI is InChI=1S/C26H44O3/c1-8-29-22(28)18(2)16-21-24(5,17-27)14-10-20-25(6)13-9-12-23(3,4)19(25)11-15-26(20,21)7/h17-21H,8-16H2,1-7H3. The Hall–Kier alpha value is -0.860. The van der Waals surface area contributed by atoms with E-state index in [9.17, 15) is 9.59 Å². The molecule has 0 heterocycles. The Bertz CT molecular complexity index is 640. The third-order valence-electron chi connectivity index (χ3n) is 9.95. The van der Waals surface area contributed by atoms with Crippen molar-refractivity contribution in [1.29, 1.82) is 0 Å². The molecule has 3 fully saturated rings. The summed E-state index contributed by atoms with van der Waals surface area (Å²) in [7, 11) is 0. The summed E-state index contributed by atoms with van der Waals surface area (Å²) in [5, 5.41) is 0. The van der Waals surface area contributed by atoms with Crippen molar-refractivity contribution in [3.63, 3.8) is 0 Å². The molecule has 0 N–H and O–H groups in total. The van der Waals surface area contributed by atoms with Gasteiger partial charge in [-0.1, -0.05) is 48.0 Å². The minimum Gasteiger partial charge on any atom is -0.466 e. The average Bonchev–Trinajstić information content (AvgIpc) is 2.63. The van der Waals surface area contributed by atoms with Crippen molar-refractivity contribution in [3.8, 4) is 0 Å². The van der Waals surface area contributed by atoms with E-state index in [1.807, 2.05) is 13.8 Å². The number of rotatable bonds is 5. The Kier molecular flexibility index (Phi) is 6.04. The van der Waals surface area contributed by atoms with Gasteiger partial charge in [0, 0.05) is 5.41 Å². The maximum Gasteiger partial charge on any atom is 0.308 e. The number of ether oxygens (including phenoxy) is 1. The number of hydrogen-bond acceptors (Lipinski definition) is 3. The fraction of sp³-hybridized carbons (Fsp3) is 0.923. The van der Waals surface area contributed by atoms with Gasteiger partial charge >= 0.3 is 5.97 Å². The highest BCUT2D eigenvalue weighted by molar-refractivity contribution is 5.72. The van der Waals surface area contributed by atoms with Gasteiger partial charge in [-0.15, -0.1) is 0 Å². The number of esters is 1. The molecule has 3 rings (SSSR count). The summed E-state index contributed by atoms with van der Waals surface area (Å²) in [6.45, 7) is 16.4. The van der Waals surface area contributed by atoms with Crippen LogP contribution in [0.5, 0.6) is 0 Å². The maximum atomic E-state index is 12.4. The van der Waals surface area contributed by atoms with Gasteiger partial charge < -0.3 is 9.53 Å². The van der Waals surface area contributed by atoms with E-state index in [1.165, 1.54) is 38.4 Å². The van der Waals surface area contributed by atoms with Crippen LogP contribution >= 0.6 is 0 Å². The lowest BCUT2D eigenvalue weighted by atomic mass is 9.37. The van der Waals surface area contributed by atoms with E-state index >= 15 is 0 Å². The minimum absolute atomic E-state index is 0.106. The van der Waals surface area contributed by atoms with E-state index in [0.717, 1.165) is 25.2 Å². The van der Waals surface area contributed by atoms with Crippen LogP contribution in [0.15, 0.2) is 0 Å². The first-order chi connectivity index (χ1) is 13.4. The largest absolute Gasteiger partial charge is 0.466 e. The molecular formula is C26H44O3. The third kappa shape index (κ3) is 3.59. The van der Waals surface area contributed by atoms with Crippen LogP contribution in [0.2, 0.25) is 0 Å². The second-order valence-electron chi connectivity index (χ2n) is 12.1. The first-order valence-electron chi connectivity index (χ1n) is 12.1. The van der Waals surface area contributed by atoms with Crippen molar-refractivity contribution < 1.29 is 14.3 Å². The molecule has 0 amide bonds. The Balaban J connectivity index is 1.97. The monoisotopic (exact) mass is 404 g/mol. The summed E-state index contributed by atoms with van der Waals surface area (Å²) in [5.74, 6) is 1.40. The van der Waals surface area contributed by atoms with Gasteiger partial charge in [-0.3, -0.25) is 4.79 Å². The predicted octanol–water partition coefficient (Wildman–Crippen LogP) is 6.44. The van der Waals surface area contributed by atoms with Crippen LogP contribution in [0.3, 0.4) is 0 Å². The van der Waals surface area contributed by atoms with E-state index in [-0.39, 0.29) is 28.6 Å². The van der Waals surface area contributed by atoms with Crippen molar-refractivity contribution in [2.75, 3.05) is 6.61 Å². The molecule has 3 aliphatic carbocycles. The molecule has 0 aromatic carbocycles. The predicted molar refractivity (Wildman–Crippen MR) is 117 cm³/mol. The van der Waals surface area contributed by atoms with Crippen LogP contribution < -0.4 is 0 Å². The zero-order chi connectivity index (χ0) is 21.7. The number of aldehydes is 1. The molecule has 0 aromatic heterocycles. The molecule has 0 bridgehead atoms. The SMILES string of the molecule is CCOC(=O)C(C)CC1C(C)(C=O)CCC2C3(C)CCCC(C)(C)C3CCC12C. The van der Waals surface area contributed by atoms with Crippen molar-refractivity contribution in [2.24, 2.45) is 45.3 Å². The van der Waals surface area contributed by atoms with E-state index in [4.69, 9.17) is 4.74 Å². The van der Waals surface area contributed by atoms with Gasteiger partial charge in [0.05, 0.1) is 12.5 Å². The highest BCUT2D eigenvalue weighted by Crippen LogP contribution is 2.71. The quantitative estimate of drug-likeness (QED) is 0.391. The molecule has 0 aliphatic heterocycles. The zero-order valence-electron chi connectivity index (χ0n) is 20.0. The zero-order valence-corrected chi connectivity index (χ0v) is 20.0. The van der Waals surface area contributed by atoms with Crippen molar-refractivity contribution >= 4 is 12.3 Å². The molecule has 29 heavy (non-hydrogen) atoms. The van der Waals surface area contributed by atoms with Gasteiger partial charge in [-0.05, 0) is 85.9 Å². The summed E-state index contributed by atoms with van der Waals surface area (Å²) in [4.78, 5) is 24.8. The van der Waals surface area contributed by atoms with Gasteiger partial charge in [0.15, 0.2) is 0 Å². The summed E-state index contributed by atoms with van der Waals surface area (Å²) in [6, 6.07) is 0. The smallest absolute Gasteiger partial charge is 0.308 e. The molecule has 7 atom stereocenters. The second-order valence-corrected chi connectivity index (χ2v) is 12.1. The molecule has 0 radical (unpaired) electrons. The molecular weight excluding hydrogens is 360 g/mol. The molecule has 0 aromatic rings. The fourth-order valence-electron chi connectivity index (χ4n) is 8.56. The Labute approximate surface area is 178 Å². The number of carbonyl (C=O) groups excluding carboxylic acids is 2.